The van der Waals surface area contributed by atoms with Crippen LogP contribution in [0.5, 0.6) is 0 Å². The van der Waals surface area contributed by atoms with Gasteiger partial charge in [-0.3, -0.25) is 4.98 Å². The fraction of sp³-hybridized carbons (Fsp3) is 0.150. The largest absolute Gasteiger partial charge is 0.256 e. The molecule has 0 bridgehead atoms. The summed E-state index contributed by atoms with van der Waals surface area (Å²) in [6.07, 6.45) is 2.97. The van der Waals surface area contributed by atoms with E-state index in [0.29, 0.717) is 0 Å². The molecular formula is C20H15N. The highest BCUT2D eigenvalue weighted by Crippen LogP contribution is 2.56. The maximum Gasteiger partial charge on any atom is 0.0746 e. The van der Waals surface area contributed by atoms with Gasteiger partial charge in [0.15, 0.2) is 0 Å². The molecule has 1 nitrogen and oxygen atoms in total. The Hall–Kier alpha value is -2.41. The predicted octanol–water partition coefficient (Wildman–Crippen LogP) is 4.59. The molecular weight excluding hydrogens is 254 g/mol. The van der Waals surface area contributed by atoms with Crippen LogP contribution in [0, 0.1) is 0 Å². The van der Waals surface area contributed by atoms with Gasteiger partial charge in [0.2, 0.25) is 0 Å². The lowest BCUT2D eigenvalue weighted by molar-refractivity contribution is 0.576. The van der Waals surface area contributed by atoms with Gasteiger partial charge in [-0.05, 0) is 40.3 Å². The molecule has 21 heavy (non-hydrogen) atoms. The van der Waals surface area contributed by atoms with Crippen LogP contribution in [-0.4, -0.2) is 4.98 Å². The van der Waals surface area contributed by atoms with Crippen LogP contribution in [-0.2, 0) is 11.8 Å². The maximum absolute atomic E-state index is 4.68. The standard InChI is InChI=1S/C20H15N/c1-20-12-13-6-2-3-7-14(13)15-8-4-9-16(18(15)20)19-17(20)10-5-11-21-19/h2-11H,12H2,1H3/t20-/m1/s1. The Labute approximate surface area is 124 Å². The molecule has 0 saturated carbocycles. The highest BCUT2D eigenvalue weighted by Gasteiger charge is 2.44. The van der Waals surface area contributed by atoms with Crippen LogP contribution >= 0.6 is 0 Å². The van der Waals surface area contributed by atoms with E-state index in [1.54, 1.807) is 0 Å². The molecule has 0 fully saturated rings. The summed E-state index contributed by atoms with van der Waals surface area (Å²) in [7, 11) is 0. The fourth-order valence-corrected chi connectivity index (χ4v) is 4.27. The molecule has 0 aliphatic heterocycles. The molecule has 0 saturated heterocycles. The van der Waals surface area contributed by atoms with Crippen molar-refractivity contribution in [2.24, 2.45) is 0 Å². The number of pyridine rings is 1. The Morgan fingerprint density at radius 1 is 0.857 bits per heavy atom. The summed E-state index contributed by atoms with van der Waals surface area (Å²) in [4.78, 5) is 4.68. The highest BCUT2D eigenvalue weighted by molar-refractivity contribution is 5.89. The van der Waals surface area contributed by atoms with Crippen LogP contribution in [0.1, 0.15) is 23.6 Å². The minimum atomic E-state index is 0.0594. The van der Waals surface area contributed by atoms with E-state index in [-0.39, 0.29) is 5.41 Å². The van der Waals surface area contributed by atoms with Gasteiger partial charge in [0.25, 0.3) is 0 Å². The third-order valence-electron chi connectivity index (χ3n) is 5.13. The van der Waals surface area contributed by atoms with Crippen molar-refractivity contribution < 1.29 is 0 Å². The molecule has 0 radical (unpaired) electrons. The first-order valence-corrected chi connectivity index (χ1v) is 7.47. The summed E-state index contributed by atoms with van der Waals surface area (Å²) in [5.41, 5.74) is 9.61. The van der Waals surface area contributed by atoms with Crippen molar-refractivity contribution in [2.45, 2.75) is 18.8 Å². The molecule has 2 aliphatic rings. The van der Waals surface area contributed by atoms with E-state index in [9.17, 15) is 0 Å². The Morgan fingerprint density at radius 3 is 2.62 bits per heavy atom. The van der Waals surface area contributed by atoms with Gasteiger partial charge in [-0.1, -0.05) is 55.5 Å². The Balaban J connectivity index is 1.96. The number of hydrogen-bond donors (Lipinski definition) is 0. The van der Waals surface area contributed by atoms with Gasteiger partial charge in [-0.15, -0.1) is 0 Å². The maximum atomic E-state index is 4.68. The SMILES string of the molecule is C[C@]12Cc3ccccc3-c3cccc(c31)-c1ncccc12. The van der Waals surface area contributed by atoms with Gasteiger partial charge in [-0.2, -0.15) is 0 Å². The van der Waals surface area contributed by atoms with Crippen LogP contribution in [0.15, 0.2) is 60.8 Å². The Morgan fingerprint density at radius 2 is 1.67 bits per heavy atom. The molecule has 1 atom stereocenters. The summed E-state index contributed by atoms with van der Waals surface area (Å²) in [6, 6.07) is 19.8. The van der Waals surface area contributed by atoms with Crippen LogP contribution in [0.3, 0.4) is 0 Å². The van der Waals surface area contributed by atoms with Crippen molar-refractivity contribution in [3.05, 3.63) is 77.5 Å². The van der Waals surface area contributed by atoms with Crippen molar-refractivity contribution in [3.63, 3.8) is 0 Å². The minimum Gasteiger partial charge on any atom is -0.256 e. The fourth-order valence-electron chi connectivity index (χ4n) is 4.27. The van der Waals surface area contributed by atoms with Gasteiger partial charge >= 0.3 is 0 Å². The number of rotatable bonds is 0. The second-order valence-electron chi connectivity index (χ2n) is 6.29. The van der Waals surface area contributed by atoms with Crippen molar-refractivity contribution in [1.29, 1.82) is 0 Å². The predicted molar refractivity (Wildman–Crippen MR) is 85.3 cm³/mol. The third kappa shape index (κ3) is 1.25. The lowest BCUT2D eigenvalue weighted by atomic mass is 9.68. The molecule has 5 rings (SSSR count). The van der Waals surface area contributed by atoms with Crippen LogP contribution in [0.4, 0.5) is 0 Å². The lowest BCUT2D eigenvalue weighted by Gasteiger charge is -2.34. The molecule has 3 aromatic rings. The van der Waals surface area contributed by atoms with Crippen molar-refractivity contribution in [2.75, 3.05) is 0 Å². The highest BCUT2D eigenvalue weighted by atomic mass is 14.7. The normalized spacial score (nSPS) is 20.6. The Kier molecular flexibility index (Phi) is 1.94. The third-order valence-corrected chi connectivity index (χ3v) is 5.13. The van der Waals surface area contributed by atoms with Gasteiger partial charge in [0.1, 0.15) is 0 Å². The van der Waals surface area contributed by atoms with Crippen molar-refractivity contribution >= 4 is 0 Å². The first kappa shape index (κ1) is 11.3. The second-order valence-corrected chi connectivity index (χ2v) is 6.29. The van der Waals surface area contributed by atoms with Crippen LogP contribution < -0.4 is 0 Å². The zero-order valence-electron chi connectivity index (χ0n) is 11.9. The molecule has 0 spiro atoms. The molecule has 1 heterocycles. The zero-order valence-corrected chi connectivity index (χ0v) is 11.9. The van der Waals surface area contributed by atoms with Gasteiger partial charge < -0.3 is 0 Å². The summed E-state index contributed by atoms with van der Waals surface area (Å²) in [5, 5.41) is 0. The number of hydrogen-bond acceptors (Lipinski definition) is 1. The van der Waals surface area contributed by atoms with E-state index in [1.165, 1.54) is 39.1 Å². The molecule has 2 aliphatic carbocycles. The quantitative estimate of drug-likeness (QED) is 0.581. The number of fused-ring (bicyclic) bond motifs is 5. The van der Waals surface area contributed by atoms with E-state index in [1.807, 2.05) is 6.20 Å². The molecule has 2 aromatic carbocycles. The first-order chi connectivity index (χ1) is 10.3. The average molecular weight is 269 g/mol. The summed E-state index contributed by atoms with van der Waals surface area (Å²) in [5.74, 6) is 0. The van der Waals surface area contributed by atoms with Gasteiger partial charge in [-0.25, -0.2) is 0 Å². The van der Waals surface area contributed by atoms with E-state index in [2.05, 4.69) is 66.5 Å². The molecule has 100 valence electrons. The van der Waals surface area contributed by atoms with E-state index < -0.39 is 0 Å². The summed E-state index contributed by atoms with van der Waals surface area (Å²) < 4.78 is 0. The summed E-state index contributed by atoms with van der Waals surface area (Å²) >= 11 is 0. The lowest BCUT2D eigenvalue weighted by Crippen LogP contribution is -2.28. The van der Waals surface area contributed by atoms with E-state index in [4.69, 9.17) is 0 Å². The molecule has 0 amide bonds. The second kappa shape index (κ2) is 3.62. The zero-order chi connectivity index (χ0) is 14.0. The van der Waals surface area contributed by atoms with Gasteiger partial charge in [0.05, 0.1) is 5.69 Å². The van der Waals surface area contributed by atoms with Crippen LogP contribution in [0.25, 0.3) is 22.4 Å². The monoisotopic (exact) mass is 269 g/mol. The first-order valence-electron chi connectivity index (χ1n) is 7.47. The van der Waals surface area contributed by atoms with Gasteiger partial charge in [0, 0.05) is 17.2 Å². The Bertz CT molecular complexity index is 894. The smallest absolute Gasteiger partial charge is 0.0746 e. The van der Waals surface area contributed by atoms with E-state index in [0.717, 1.165) is 6.42 Å². The number of aromatic nitrogens is 1. The number of nitrogens with zero attached hydrogens (tertiary/aromatic N) is 1. The van der Waals surface area contributed by atoms with Crippen LogP contribution in [0.2, 0.25) is 0 Å². The number of benzene rings is 2. The molecule has 1 aromatic heterocycles. The molecule has 0 N–H and O–H groups in total. The molecule has 1 heteroatoms. The average Bonchev–Trinajstić information content (AvgIpc) is 2.79. The summed E-state index contributed by atoms with van der Waals surface area (Å²) in [6.45, 7) is 2.37. The van der Waals surface area contributed by atoms with Crippen molar-refractivity contribution in [3.8, 4) is 22.4 Å². The minimum absolute atomic E-state index is 0.0594. The van der Waals surface area contributed by atoms with Crippen molar-refractivity contribution in [1.82, 2.24) is 4.98 Å². The topological polar surface area (TPSA) is 12.9 Å². The molecule has 0 unspecified atom stereocenters. The van der Waals surface area contributed by atoms with E-state index >= 15 is 0 Å².